The second-order valence-corrected chi connectivity index (χ2v) is 8.42. The van der Waals surface area contributed by atoms with Gasteiger partial charge in [0.1, 0.15) is 5.82 Å². The normalized spacial score (nSPS) is 11.7. The number of hydrogen-bond acceptors (Lipinski definition) is 4. The molecule has 0 fully saturated rings. The van der Waals surface area contributed by atoms with E-state index in [1.807, 2.05) is 12.3 Å². The summed E-state index contributed by atoms with van der Waals surface area (Å²) < 4.78 is 42.0. The summed E-state index contributed by atoms with van der Waals surface area (Å²) in [6, 6.07) is 14.6. The van der Waals surface area contributed by atoms with Crippen LogP contribution in [0.1, 0.15) is 5.56 Å². The highest BCUT2D eigenvalue weighted by Gasteiger charge is 2.23. The summed E-state index contributed by atoms with van der Waals surface area (Å²) in [6.07, 6.45) is 3.43. The first-order valence-corrected chi connectivity index (χ1v) is 10.6. The molecule has 0 aliphatic rings. The van der Waals surface area contributed by atoms with Gasteiger partial charge < -0.3 is 5.32 Å². The van der Waals surface area contributed by atoms with Crippen molar-refractivity contribution < 1.29 is 12.8 Å². The Morgan fingerprint density at radius 1 is 1.12 bits per heavy atom. The second-order valence-electron chi connectivity index (χ2n) is 5.72. The Bertz CT molecular complexity index is 1030. The van der Waals surface area contributed by atoms with Crippen LogP contribution in [0.25, 0.3) is 11.3 Å². The van der Waals surface area contributed by atoms with Crippen LogP contribution in [0.3, 0.4) is 0 Å². The minimum atomic E-state index is -3.86. The molecule has 0 aliphatic carbocycles. The van der Waals surface area contributed by atoms with Gasteiger partial charge in [-0.25, -0.2) is 16.8 Å². The lowest BCUT2D eigenvalue weighted by Crippen LogP contribution is -2.14. The van der Waals surface area contributed by atoms with Crippen molar-refractivity contribution in [3.05, 3.63) is 72.2 Å². The SMILES string of the molecule is CNCc1cc(-c2ccccc2F)n(S(=O)(=O)c2cccc(SC)c2)c1. The quantitative estimate of drug-likeness (QED) is 0.647. The van der Waals surface area contributed by atoms with E-state index in [0.29, 0.717) is 12.2 Å². The molecule has 0 amide bonds. The second kappa shape index (κ2) is 7.65. The first kappa shape index (κ1) is 18.7. The number of rotatable bonds is 6. The first-order chi connectivity index (χ1) is 12.5. The molecule has 0 bridgehead atoms. The van der Waals surface area contributed by atoms with Gasteiger partial charge in [0.25, 0.3) is 10.0 Å². The van der Waals surface area contributed by atoms with Crippen molar-refractivity contribution >= 4 is 21.8 Å². The Kier molecular flexibility index (Phi) is 5.50. The number of nitrogens with zero attached hydrogens (tertiary/aromatic N) is 1. The lowest BCUT2D eigenvalue weighted by atomic mass is 10.1. The van der Waals surface area contributed by atoms with Crippen LogP contribution < -0.4 is 5.32 Å². The highest BCUT2D eigenvalue weighted by Crippen LogP contribution is 2.30. The third-order valence-electron chi connectivity index (χ3n) is 3.97. The molecule has 26 heavy (non-hydrogen) atoms. The minimum Gasteiger partial charge on any atom is -0.316 e. The number of hydrogen-bond donors (Lipinski definition) is 1. The van der Waals surface area contributed by atoms with E-state index < -0.39 is 15.8 Å². The van der Waals surface area contributed by atoms with Gasteiger partial charge in [0, 0.05) is 23.2 Å². The minimum absolute atomic E-state index is 0.175. The molecule has 0 saturated carbocycles. The van der Waals surface area contributed by atoms with Crippen molar-refractivity contribution in [2.24, 2.45) is 0 Å². The van der Waals surface area contributed by atoms with E-state index in [0.717, 1.165) is 14.4 Å². The van der Waals surface area contributed by atoms with Gasteiger partial charge in [-0.3, -0.25) is 0 Å². The van der Waals surface area contributed by atoms with Gasteiger partial charge in [-0.2, -0.15) is 0 Å². The van der Waals surface area contributed by atoms with Gasteiger partial charge in [-0.05, 0) is 55.3 Å². The van der Waals surface area contributed by atoms with Crippen molar-refractivity contribution in [3.8, 4) is 11.3 Å². The summed E-state index contributed by atoms with van der Waals surface area (Å²) in [7, 11) is -2.08. The topological polar surface area (TPSA) is 51.1 Å². The number of thioether (sulfide) groups is 1. The number of halogens is 1. The molecule has 3 aromatic rings. The molecular weight excluding hydrogens is 371 g/mol. The molecule has 0 radical (unpaired) electrons. The summed E-state index contributed by atoms with van der Waals surface area (Å²) >= 11 is 1.47. The molecule has 1 N–H and O–H groups in total. The fourth-order valence-electron chi connectivity index (χ4n) is 2.74. The summed E-state index contributed by atoms with van der Waals surface area (Å²) in [4.78, 5) is 1.02. The predicted octanol–water partition coefficient (Wildman–Crippen LogP) is 3.97. The van der Waals surface area contributed by atoms with Gasteiger partial charge >= 0.3 is 0 Å². The maximum atomic E-state index is 14.3. The molecule has 4 nitrogen and oxygen atoms in total. The van der Waals surface area contributed by atoms with Crippen LogP contribution in [0.4, 0.5) is 4.39 Å². The predicted molar refractivity (Wildman–Crippen MR) is 103 cm³/mol. The summed E-state index contributed by atoms with van der Waals surface area (Å²) in [6.45, 7) is 0.481. The van der Waals surface area contributed by atoms with Crippen LogP contribution in [0.2, 0.25) is 0 Å². The molecule has 0 aliphatic heterocycles. The molecule has 3 rings (SSSR count). The number of benzene rings is 2. The lowest BCUT2D eigenvalue weighted by molar-refractivity contribution is 0.587. The molecule has 1 heterocycles. The van der Waals surface area contributed by atoms with Crippen LogP contribution in [-0.4, -0.2) is 25.7 Å². The molecule has 2 aromatic carbocycles. The highest BCUT2D eigenvalue weighted by molar-refractivity contribution is 7.98. The molecule has 0 unspecified atom stereocenters. The van der Waals surface area contributed by atoms with Gasteiger partial charge in [0.15, 0.2) is 0 Å². The fourth-order valence-corrected chi connectivity index (χ4v) is 4.71. The van der Waals surface area contributed by atoms with E-state index in [2.05, 4.69) is 5.32 Å². The van der Waals surface area contributed by atoms with Gasteiger partial charge in [-0.1, -0.05) is 18.2 Å². The summed E-state index contributed by atoms with van der Waals surface area (Å²) in [5.74, 6) is -0.462. The molecular formula is C19H19FN2O2S2. The van der Waals surface area contributed by atoms with Crippen LogP contribution in [0, 0.1) is 5.82 Å². The Morgan fingerprint density at radius 3 is 2.58 bits per heavy atom. The molecule has 7 heteroatoms. The number of nitrogens with one attached hydrogen (secondary N) is 1. The Balaban J connectivity index is 2.21. The van der Waals surface area contributed by atoms with Crippen LogP contribution in [0.5, 0.6) is 0 Å². The van der Waals surface area contributed by atoms with Gasteiger partial charge in [0.05, 0.1) is 10.6 Å². The van der Waals surface area contributed by atoms with E-state index in [-0.39, 0.29) is 10.5 Å². The molecule has 1 aromatic heterocycles. The Hall–Kier alpha value is -2.09. The summed E-state index contributed by atoms with van der Waals surface area (Å²) in [5, 5.41) is 2.99. The van der Waals surface area contributed by atoms with E-state index >= 15 is 0 Å². The zero-order valence-corrected chi connectivity index (χ0v) is 16.1. The van der Waals surface area contributed by atoms with E-state index in [1.54, 1.807) is 55.7 Å². The zero-order chi connectivity index (χ0) is 18.7. The van der Waals surface area contributed by atoms with Crippen molar-refractivity contribution in [3.63, 3.8) is 0 Å². The van der Waals surface area contributed by atoms with Crippen molar-refractivity contribution in [1.29, 1.82) is 0 Å². The van der Waals surface area contributed by atoms with Gasteiger partial charge in [-0.15, -0.1) is 11.8 Å². The first-order valence-electron chi connectivity index (χ1n) is 7.98. The van der Waals surface area contributed by atoms with Crippen molar-refractivity contribution in [1.82, 2.24) is 9.29 Å². The van der Waals surface area contributed by atoms with Crippen LogP contribution >= 0.6 is 11.8 Å². The van der Waals surface area contributed by atoms with Gasteiger partial charge in [0.2, 0.25) is 0 Å². The fraction of sp³-hybridized carbons (Fsp3) is 0.158. The molecule has 0 spiro atoms. The van der Waals surface area contributed by atoms with Crippen molar-refractivity contribution in [2.75, 3.05) is 13.3 Å². The largest absolute Gasteiger partial charge is 0.316 e. The lowest BCUT2D eigenvalue weighted by Gasteiger charge is -2.12. The smallest absolute Gasteiger partial charge is 0.268 e. The van der Waals surface area contributed by atoms with Crippen LogP contribution in [0.15, 0.2) is 70.6 Å². The standard InChI is InChI=1S/C19H19FN2O2S2/c1-21-12-14-10-19(17-8-3-4-9-18(17)20)22(13-14)26(23,24)16-7-5-6-15(11-16)25-2/h3-11,13,21H,12H2,1-2H3. The summed E-state index contributed by atoms with van der Waals surface area (Å²) in [5.41, 5.74) is 1.32. The third kappa shape index (κ3) is 3.56. The third-order valence-corrected chi connectivity index (χ3v) is 6.37. The van der Waals surface area contributed by atoms with E-state index in [1.165, 1.54) is 17.8 Å². The van der Waals surface area contributed by atoms with E-state index in [9.17, 15) is 12.8 Å². The highest BCUT2D eigenvalue weighted by atomic mass is 32.2. The van der Waals surface area contributed by atoms with E-state index in [4.69, 9.17) is 0 Å². The average Bonchev–Trinajstić information content (AvgIpc) is 3.07. The molecule has 136 valence electrons. The van der Waals surface area contributed by atoms with Crippen molar-refractivity contribution in [2.45, 2.75) is 16.3 Å². The maximum absolute atomic E-state index is 14.3. The molecule has 0 saturated heterocycles. The molecule has 0 atom stereocenters. The Labute approximate surface area is 157 Å². The maximum Gasteiger partial charge on any atom is 0.268 e. The zero-order valence-electron chi connectivity index (χ0n) is 14.4. The Morgan fingerprint density at radius 2 is 1.88 bits per heavy atom. The van der Waals surface area contributed by atoms with Crippen LogP contribution in [-0.2, 0) is 16.6 Å². The average molecular weight is 391 g/mol. The number of aromatic nitrogens is 1. The monoisotopic (exact) mass is 390 g/mol.